The van der Waals surface area contributed by atoms with Crippen LogP contribution in [0.15, 0.2) is 30.3 Å². The number of Topliss-reactive ketones (excluding diaryl/α,β-unsaturated/α-hetero) is 1. The summed E-state index contributed by atoms with van der Waals surface area (Å²) in [6.07, 6.45) is 0.784. The lowest BCUT2D eigenvalue weighted by Crippen LogP contribution is -2.03. The highest BCUT2D eigenvalue weighted by Gasteiger charge is 2.15. The van der Waals surface area contributed by atoms with Gasteiger partial charge in [-0.15, -0.1) is 0 Å². The first-order valence-electron chi connectivity index (χ1n) is 7.73. The number of carbonyl (C=O) groups is 1. The Morgan fingerprint density at radius 2 is 1.48 bits per heavy atom. The van der Waals surface area contributed by atoms with Crippen molar-refractivity contribution in [1.29, 1.82) is 0 Å². The minimum Gasteiger partial charge on any atom is -0.504 e. The average molecular weight is 346 g/mol. The van der Waals surface area contributed by atoms with Gasteiger partial charge in [0.15, 0.2) is 28.8 Å². The largest absolute Gasteiger partial charge is 0.504 e. The molecule has 0 saturated carbocycles. The predicted octanol–water partition coefficient (Wildman–Crippen LogP) is 3.24. The second-order valence-corrected chi connectivity index (χ2v) is 5.34. The summed E-state index contributed by atoms with van der Waals surface area (Å²) < 4.78 is 20.9. The van der Waals surface area contributed by atoms with Crippen LogP contribution >= 0.6 is 0 Å². The van der Waals surface area contributed by atoms with Gasteiger partial charge in [-0.25, -0.2) is 0 Å². The minimum absolute atomic E-state index is 0.0545. The van der Waals surface area contributed by atoms with Crippen LogP contribution in [0.5, 0.6) is 28.7 Å². The van der Waals surface area contributed by atoms with Crippen LogP contribution in [0, 0.1) is 0 Å². The molecule has 6 nitrogen and oxygen atoms in total. The number of phenols is 1. The molecule has 0 heterocycles. The van der Waals surface area contributed by atoms with Crippen molar-refractivity contribution < 1.29 is 28.8 Å². The molecule has 2 aromatic rings. The van der Waals surface area contributed by atoms with Gasteiger partial charge in [-0.2, -0.15) is 0 Å². The maximum absolute atomic E-state index is 12.4. The molecule has 0 aromatic heterocycles. The number of hydrogen-bond donors (Lipinski definition) is 1. The van der Waals surface area contributed by atoms with Crippen LogP contribution in [0.25, 0.3) is 0 Å². The topological polar surface area (TPSA) is 74.2 Å². The van der Waals surface area contributed by atoms with Crippen LogP contribution in [0.2, 0.25) is 0 Å². The molecule has 25 heavy (non-hydrogen) atoms. The molecule has 0 spiro atoms. The summed E-state index contributed by atoms with van der Waals surface area (Å²) in [5, 5.41) is 9.80. The maximum atomic E-state index is 12.4. The number of hydrogen-bond acceptors (Lipinski definition) is 6. The number of phenolic OH excluding ortho intramolecular Hbond substituents is 1. The third-order valence-corrected chi connectivity index (χ3v) is 3.87. The Hall–Kier alpha value is -2.89. The lowest BCUT2D eigenvalue weighted by Gasteiger charge is -2.14. The second-order valence-electron chi connectivity index (χ2n) is 5.34. The smallest absolute Gasteiger partial charge is 0.203 e. The standard InChI is InChI=1S/C19H22O6/c1-22-16-8-6-13(11-15(16)21)14(20)7-5-12-9-17(23-2)19(25-4)18(10-12)24-3/h6,8-11,21H,5,7H2,1-4H3. The van der Waals surface area contributed by atoms with E-state index in [1.165, 1.54) is 13.2 Å². The number of aromatic hydroxyl groups is 1. The first-order valence-corrected chi connectivity index (χ1v) is 7.73. The number of benzene rings is 2. The molecule has 0 radical (unpaired) electrons. The van der Waals surface area contributed by atoms with Crippen molar-refractivity contribution in [3.63, 3.8) is 0 Å². The van der Waals surface area contributed by atoms with Gasteiger partial charge in [-0.05, 0) is 42.3 Å². The van der Waals surface area contributed by atoms with Gasteiger partial charge in [0.1, 0.15) is 0 Å². The van der Waals surface area contributed by atoms with Crippen molar-refractivity contribution in [3.8, 4) is 28.7 Å². The first kappa shape index (κ1) is 18.4. The number of methoxy groups -OCH3 is 4. The van der Waals surface area contributed by atoms with Crippen LogP contribution in [0.4, 0.5) is 0 Å². The minimum atomic E-state index is -0.0771. The molecule has 0 unspecified atom stereocenters. The summed E-state index contributed by atoms with van der Waals surface area (Å²) in [5.74, 6) is 1.81. The van der Waals surface area contributed by atoms with Gasteiger partial charge in [-0.3, -0.25) is 4.79 Å². The molecule has 6 heteroatoms. The highest BCUT2D eigenvalue weighted by Crippen LogP contribution is 2.38. The molecule has 0 atom stereocenters. The fourth-order valence-corrected chi connectivity index (χ4v) is 2.55. The van der Waals surface area contributed by atoms with E-state index in [4.69, 9.17) is 18.9 Å². The molecule has 0 aliphatic carbocycles. The molecule has 0 aliphatic rings. The van der Waals surface area contributed by atoms with Crippen molar-refractivity contribution in [2.75, 3.05) is 28.4 Å². The Morgan fingerprint density at radius 1 is 0.880 bits per heavy atom. The van der Waals surface area contributed by atoms with E-state index < -0.39 is 0 Å². The van der Waals surface area contributed by atoms with Gasteiger partial charge in [0, 0.05) is 12.0 Å². The lowest BCUT2D eigenvalue weighted by atomic mass is 10.0. The number of carbonyl (C=O) groups excluding carboxylic acids is 1. The van der Waals surface area contributed by atoms with Gasteiger partial charge in [0.05, 0.1) is 28.4 Å². The summed E-state index contributed by atoms with van der Waals surface area (Å²) in [6, 6.07) is 8.26. The van der Waals surface area contributed by atoms with Crippen LogP contribution in [0.3, 0.4) is 0 Å². The van der Waals surface area contributed by atoms with E-state index >= 15 is 0 Å². The van der Waals surface area contributed by atoms with E-state index in [2.05, 4.69) is 0 Å². The van der Waals surface area contributed by atoms with Gasteiger partial charge < -0.3 is 24.1 Å². The van der Waals surface area contributed by atoms with E-state index in [0.717, 1.165) is 5.56 Å². The zero-order valence-electron chi connectivity index (χ0n) is 14.8. The molecule has 2 aromatic carbocycles. The van der Waals surface area contributed by atoms with Crippen LogP contribution in [0.1, 0.15) is 22.3 Å². The quantitative estimate of drug-likeness (QED) is 0.740. The molecule has 2 rings (SSSR count). The van der Waals surface area contributed by atoms with Crippen molar-refractivity contribution in [2.24, 2.45) is 0 Å². The Balaban J connectivity index is 2.15. The van der Waals surface area contributed by atoms with Crippen molar-refractivity contribution in [3.05, 3.63) is 41.5 Å². The fraction of sp³-hybridized carbons (Fsp3) is 0.316. The van der Waals surface area contributed by atoms with Gasteiger partial charge in [0.25, 0.3) is 0 Å². The van der Waals surface area contributed by atoms with E-state index in [1.54, 1.807) is 33.5 Å². The molecule has 1 N–H and O–H groups in total. The third kappa shape index (κ3) is 4.15. The molecule has 0 aliphatic heterocycles. The molecule has 0 saturated heterocycles. The first-order chi connectivity index (χ1) is 12.0. The number of ether oxygens (including phenoxy) is 4. The fourth-order valence-electron chi connectivity index (χ4n) is 2.55. The van der Waals surface area contributed by atoms with E-state index in [-0.39, 0.29) is 18.0 Å². The lowest BCUT2D eigenvalue weighted by molar-refractivity contribution is 0.0982. The van der Waals surface area contributed by atoms with E-state index in [9.17, 15) is 9.90 Å². The highest BCUT2D eigenvalue weighted by molar-refractivity contribution is 5.96. The Bertz CT molecular complexity index is 729. The maximum Gasteiger partial charge on any atom is 0.203 e. The molecule has 0 fully saturated rings. The highest BCUT2D eigenvalue weighted by atomic mass is 16.5. The van der Waals surface area contributed by atoms with Gasteiger partial charge >= 0.3 is 0 Å². The molecular formula is C19H22O6. The van der Waals surface area contributed by atoms with E-state index in [1.807, 2.05) is 12.1 Å². The number of aryl methyl sites for hydroxylation is 1. The number of rotatable bonds is 8. The molecular weight excluding hydrogens is 324 g/mol. The molecule has 0 amide bonds. The predicted molar refractivity (Wildman–Crippen MR) is 93.4 cm³/mol. The van der Waals surface area contributed by atoms with Crippen molar-refractivity contribution >= 4 is 5.78 Å². The second kappa shape index (κ2) is 8.28. The van der Waals surface area contributed by atoms with Crippen LogP contribution < -0.4 is 18.9 Å². The van der Waals surface area contributed by atoms with Gasteiger partial charge in [-0.1, -0.05) is 0 Å². The molecule has 0 bridgehead atoms. The summed E-state index contributed by atoms with van der Waals surface area (Å²) >= 11 is 0. The van der Waals surface area contributed by atoms with Crippen LogP contribution in [-0.4, -0.2) is 39.3 Å². The van der Waals surface area contributed by atoms with Crippen molar-refractivity contribution in [2.45, 2.75) is 12.8 Å². The monoisotopic (exact) mass is 346 g/mol. The van der Waals surface area contributed by atoms with Crippen molar-refractivity contribution in [1.82, 2.24) is 0 Å². The Morgan fingerprint density at radius 3 is 1.96 bits per heavy atom. The summed E-state index contributed by atoms with van der Waals surface area (Å²) in [5.41, 5.74) is 1.33. The zero-order chi connectivity index (χ0) is 18.4. The summed E-state index contributed by atoms with van der Waals surface area (Å²) in [6.45, 7) is 0. The zero-order valence-corrected chi connectivity index (χ0v) is 14.8. The Labute approximate surface area is 146 Å². The van der Waals surface area contributed by atoms with Gasteiger partial charge in [0.2, 0.25) is 5.75 Å². The Kier molecular flexibility index (Phi) is 6.11. The summed E-state index contributed by atoms with van der Waals surface area (Å²) in [7, 11) is 6.10. The van der Waals surface area contributed by atoms with E-state index in [0.29, 0.717) is 35.0 Å². The average Bonchev–Trinajstić information content (AvgIpc) is 2.64. The molecule has 134 valence electrons. The van der Waals surface area contributed by atoms with Crippen LogP contribution in [-0.2, 0) is 6.42 Å². The normalized spacial score (nSPS) is 10.2. The third-order valence-electron chi connectivity index (χ3n) is 3.87. The number of ketones is 1. The SMILES string of the molecule is COc1ccc(C(=O)CCc2cc(OC)c(OC)c(OC)c2)cc1O. The summed E-state index contributed by atoms with van der Waals surface area (Å²) in [4.78, 5) is 12.4.